The maximum Gasteiger partial charge on any atom is 0.216 e. The summed E-state index contributed by atoms with van der Waals surface area (Å²) in [6.07, 6.45) is 0. The Balaban J connectivity index is 2.30. The van der Waals surface area contributed by atoms with E-state index in [-0.39, 0.29) is 11.1 Å². The molecule has 0 fully saturated rings. The summed E-state index contributed by atoms with van der Waals surface area (Å²) >= 11 is 0. The predicted molar refractivity (Wildman–Crippen MR) is 83.3 cm³/mol. The molecule has 5 heteroatoms. The van der Waals surface area contributed by atoms with Crippen LogP contribution in [0.15, 0.2) is 51.7 Å². The molecule has 0 unspecified atom stereocenters. The first-order chi connectivity index (χ1) is 10.1. The average Bonchev–Trinajstić information content (AvgIpc) is 2.51. The number of anilines is 2. The van der Waals surface area contributed by atoms with Crippen LogP contribution in [-0.2, 0) is 0 Å². The van der Waals surface area contributed by atoms with Gasteiger partial charge in [0.2, 0.25) is 5.43 Å². The molecule has 0 aliphatic rings. The molecule has 21 heavy (non-hydrogen) atoms. The number of nitrogens with two attached hydrogens (primary N) is 2. The molecule has 0 atom stereocenters. The summed E-state index contributed by atoms with van der Waals surface area (Å²) in [6, 6.07) is 12.1. The average molecular weight is 282 g/mol. The fraction of sp³-hybridized carbons (Fsp3) is 0.0625. The van der Waals surface area contributed by atoms with E-state index >= 15 is 0 Å². The van der Waals surface area contributed by atoms with Crippen molar-refractivity contribution in [3.05, 3.63) is 52.7 Å². The van der Waals surface area contributed by atoms with Crippen LogP contribution in [-0.4, -0.2) is 7.11 Å². The van der Waals surface area contributed by atoms with E-state index in [0.717, 1.165) is 0 Å². The summed E-state index contributed by atoms with van der Waals surface area (Å²) in [7, 11) is 1.57. The molecule has 0 bridgehead atoms. The summed E-state index contributed by atoms with van der Waals surface area (Å²) in [5, 5.41) is 0.374. The zero-order chi connectivity index (χ0) is 15.0. The van der Waals surface area contributed by atoms with Crippen LogP contribution in [0.3, 0.4) is 0 Å². The Morgan fingerprint density at radius 1 is 1.10 bits per heavy atom. The molecular formula is C16H14N2O3. The van der Waals surface area contributed by atoms with Crippen molar-refractivity contribution in [1.82, 2.24) is 0 Å². The quantitative estimate of drug-likeness (QED) is 0.705. The number of nitrogen functional groups attached to an aromatic ring is 2. The molecule has 0 aliphatic carbocycles. The minimum Gasteiger partial charge on any atom is -0.497 e. The first-order valence-electron chi connectivity index (χ1n) is 6.36. The van der Waals surface area contributed by atoms with Crippen LogP contribution in [0.4, 0.5) is 11.4 Å². The highest BCUT2D eigenvalue weighted by Crippen LogP contribution is 2.30. The lowest BCUT2D eigenvalue weighted by molar-refractivity contribution is 0.415. The fourth-order valence-electron chi connectivity index (χ4n) is 2.21. The summed E-state index contributed by atoms with van der Waals surface area (Å²) in [4.78, 5) is 12.4. The van der Waals surface area contributed by atoms with Gasteiger partial charge in [0.05, 0.1) is 12.5 Å². The van der Waals surface area contributed by atoms with Crippen molar-refractivity contribution in [2.45, 2.75) is 0 Å². The lowest BCUT2D eigenvalue weighted by Crippen LogP contribution is -2.10. The summed E-state index contributed by atoms with van der Waals surface area (Å²) < 4.78 is 11.0. The number of benzene rings is 2. The zero-order valence-electron chi connectivity index (χ0n) is 11.4. The van der Waals surface area contributed by atoms with Gasteiger partial charge in [-0.1, -0.05) is 12.1 Å². The second-order valence-electron chi connectivity index (χ2n) is 4.66. The maximum atomic E-state index is 12.4. The van der Waals surface area contributed by atoms with E-state index < -0.39 is 0 Å². The van der Waals surface area contributed by atoms with E-state index in [4.69, 9.17) is 20.6 Å². The normalized spacial score (nSPS) is 10.7. The second-order valence-corrected chi connectivity index (χ2v) is 4.66. The van der Waals surface area contributed by atoms with E-state index in [0.29, 0.717) is 33.7 Å². The van der Waals surface area contributed by atoms with Crippen LogP contribution in [0.25, 0.3) is 22.3 Å². The van der Waals surface area contributed by atoms with Gasteiger partial charge in [0.25, 0.3) is 0 Å². The Morgan fingerprint density at radius 3 is 2.67 bits per heavy atom. The summed E-state index contributed by atoms with van der Waals surface area (Å²) in [5.41, 5.74) is 13.0. The second kappa shape index (κ2) is 4.86. The molecule has 0 radical (unpaired) electrons. The third-order valence-corrected chi connectivity index (χ3v) is 3.28. The summed E-state index contributed by atoms with van der Waals surface area (Å²) in [6.45, 7) is 0. The number of hydrogen-bond donors (Lipinski definition) is 2. The fourth-order valence-corrected chi connectivity index (χ4v) is 2.21. The first-order valence-corrected chi connectivity index (χ1v) is 6.36. The molecule has 4 N–H and O–H groups in total. The zero-order valence-corrected chi connectivity index (χ0v) is 11.4. The molecule has 2 aromatic carbocycles. The molecule has 3 aromatic rings. The highest BCUT2D eigenvalue weighted by Gasteiger charge is 2.14. The van der Waals surface area contributed by atoms with Crippen LogP contribution in [0.2, 0.25) is 0 Å². The molecular weight excluding hydrogens is 268 g/mol. The molecule has 1 aromatic heterocycles. The number of ether oxygens (including phenoxy) is 1. The van der Waals surface area contributed by atoms with E-state index in [2.05, 4.69) is 0 Å². The smallest absolute Gasteiger partial charge is 0.216 e. The molecule has 1 heterocycles. The highest BCUT2D eigenvalue weighted by molar-refractivity contribution is 5.87. The van der Waals surface area contributed by atoms with E-state index in [1.54, 1.807) is 49.6 Å². The van der Waals surface area contributed by atoms with Gasteiger partial charge >= 0.3 is 0 Å². The minimum atomic E-state index is -0.290. The van der Waals surface area contributed by atoms with Crippen LogP contribution in [0, 0.1) is 0 Å². The van der Waals surface area contributed by atoms with Gasteiger partial charge in [0, 0.05) is 11.3 Å². The van der Waals surface area contributed by atoms with E-state index in [9.17, 15) is 4.79 Å². The van der Waals surface area contributed by atoms with Gasteiger partial charge in [-0.3, -0.25) is 4.79 Å². The maximum absolute atomic E-state index is 12.4. The molecule has 0 saturated heterocycles. The summed E-state index contributed by atoms with van der Waals surface area (Å²) in [5.74, 6) is 0.989. The highest BCUT2D eigenvalue weighted by atomic mass is 16.5. The third-order valence-electron chi connectivity index (χ3n) is 3.28. The monoisotopic (exact) mass is 282 g/mol. The molecule has 106 valence electrons. The van der Waals surface area contributed by atoms with Crippen LogP contribution < -0.4 is 21.6 Å². The molecule has 5 nitrogen and oxygen atoms in total. The lowest BCUT2D eigenvalue weighted by atomic mass is 10.1. The van der Waals surface area contributed by atoms with Gasteiger partial charge in [-0.25, -0.2) is 0 Å². The van der Waals surface area contributed by atoms with Gasteiger partial charge < -0.3 is 20.6 Å². The van der Waals surface area contributed by atoms with E-state index in [1.165, 1.54) is 0 Å². The predicted octanol–water partition coefficient (Wildman–Crippen LogP) is 2.63. The van der Waals surface area contributed by atoms with Crippen molar-refractivity contribution >= 4 is 22.3 Å². The molecule has 0 spiro atoms. The number of hydrogen-bond acceptors (Lipinski definition) is 5. The van der Waals surface area contributed by atoms with Crippen molar-refractivity contribution < 1.29 is 9.15 Å². The first kappa shape index (κ1) is 13.1. The molecule has 0 aliphatic heterocycles. The molecule has 3 rings (SSSR count). The SMILES string of the molecule is COc1cccc(-c2oc3ccc(N)cc3c(=O)c2N)c1. The Kier molecular flexibility index (Phi) is 3.02. The van der Waals surface area contributed by atoms with Crippen LogP contribution in [0.5, 0.6) is 5.75 Å². The van der Waals surface area contributed by atoms with Crippen molar-refractivity contribution in [2.75, 3.05) is 18.6 Å². The Morgan fingerprint density at radius 2 is 1.90 bits per heavy atom. The Hall–Kier alpha value is -2.95. The standard InChI is InChI=1S/C16H14N2O3/c1-20-11-4-2-3-9(7-11)16-14(18)15(19)12-8-10(17)5-6-13(12)21-16/h2-8H,17-18H2,1H3. The van der Waals surface area contributed by atoms with Crippen molar-refractivity contribution in [1.29, 1.82) is 0 Å². The number of fused-ring (bicyclic) bond motifs is 1. The molecule has 0 amide bonds. The van der Waals surface area contributed by atoms with Crippen LogP contribution >= 0.6 is 0 Å². The topological polar surface area (TPSA) is 91.5 Å². The lowest BCUT2D eigenvalue weighted by Gasteiger charge is -2.08. The number of methoxy groups -OCH3 is 1. The van der Waals surface area contributed by atoms with Gasteiger partial charge in [0.15, 0.2) is 5.76 Å². The van der Waals surface area contributed by atoms with E-state index in [1.807, 2.05) is 0 Å². The van der Waals surface area contributed by atoms with Gasteiger partial charge in [0.1, 0.15) is 17.0 Å². The molecule has 0 saturated carbocycles. The van der Waals surface area contributed by atoms with Crippen molar-refractivity contribution in [3.63, 3.8) is 0 Å². The van der Waals surface area contributed by atoms with Crippen LogP contribution in [0.1, 0.15) is 0 Å². The Bertz CT molecular complexity index is 884. The minimum absolute atomic E-state index is 0.0568. The number of rotatable bonds is 2. The van der Waals surface area contributed by atoms with Gasteiger partial charge in [-0.05, 0) is 30.3 Å². The largest absolute Gasteiger partial charge is 0.497 e. The van der Waals surface area contributed by atoms with Gasteiger partial charge in [-0.2, -0.15) is 0 Å². The van der Waals surface area contributed by atoms with Crippen molar-refractivity contribution in [2.24, 2.45) is 0 Å². The third kappa shape index (κ3) is 2.18. The Labute approximate surface area is 120 Å². The van der Waals surface area contributed by atoms with Crippen molar-refractivity contribution in [3.8, 4) is 17.1 Å². The van der Waals surface area contributed by atoms with Gasteiger partial charge in [-0.15, -0.1) is 0 Å².